The number of aliphatic hydroxyl groups is 1. The monoisotopic (exact) mass is 268 g/mol. The van der Waals surface area contributed by atoms with E-state index in [9.17, 15) is 9.90 Å². The molecule has 1 N–H and O–H groups in total. The molecule has 0 saturated heterocycles. The zero-order valence-corrected chi connectivity index (χ0v) is 10.9. The summed E-state index contributed by atoms with van der Waals surface area (Å²) >= 11 is 2.90. The molecule has 4 nitrogen and oxygen atoms in total. The van der Waals surface area contributed by atoms with Crippen LogP contribution < -0.4 is 4.80 Å². The van der Waals surface area contributed by atoms with Crippen LogP contribution >= 0.6 is 22.7 Å². The third-order valence-corrected chi connectivity index (χ3v) is 3.92. The van der Waals surface area contributed by atoms with Crippen LogP contribution in [0.4, 0.5) is 0 Å². The van der Waals surface area contributed by atoms with Crippen molar-refractivity contribution in [2.45, 2.75) is 19.6 Å². The number of aromatic nitrogens is 1. The zero-order chi connectivity index (χ0) is 12.3. The maximum absolute atomic E-state index is 10.9. The third-order valence-electron chi connectivity index (χ3n) is 2.15. The Kier molecular flexibility index (Phi) is 3.88. The van der Waals surface area contributed by atoms with Gasteiger partial charge in [-0.2, -0.15) is 4.99 Å². The Hall–Kier alpha value is -1.24. The summed E-state index contributed by atoms with van der Waals surface area (Å²) in [4.78, 5) is 16.4. The van der Waals surface area contributed by atoms with Gasteiger partial charge in [-0.3, -0.25) is 4.79 Å². The predicted molar refractivity (Wildman–Crippen MR) is 67.8 cm³/mol. The van der Waals surface area contributed by atoms with E-state index >= 15 is 0 Å². The molecule has 6 heteroatoms. The summed E-state index contributed by atoms with van der Waals surface area (Å²) < 4.78 is 1.79. The van der Waals surface area contributed by atoms with Crippen molar-refractivity contribution in [3.05, 3.63) is 38.8 Å². The molecule has 17 heavy (non-hydrogen) atoms. The average molecular weight is 268 g/mol. The molecule has 0 radical (unpaired) electrons. The van der Waals surface area contributed by atoms with Gasteiger partial charge >= 0.3 is 0 Å². The normalized spacial score (nSPS) is 13.9. The summed E-state index contributed by atoms with van der Waals surface area (Å²) in [5, 5.41) is 13.8. The van der Waals surface area contributed by atoms with E-state index in [4.69, 9.17) is 0 Å². The Labute approximate surface area is 107 Å². The van der Waals surface area contributed by atoms with Gasteiger partial charge in [0, 0.05) is 23.4 Å². The van der Waals surface area contributed by atoms with E-state index in [1.54, 1.807) is 4.57 Å². The first-order chi connectivity index (χ1) is 8.16. The molecule has 0 aliphatic rings. The van der Waals surface area contributed by atoms with Crippen molar-refractivity contribution in [2.75, 3.05) is 0 Å². The van der Waals surface area contributed by atoms with Crippen molar-refractivity contribution < 1.29 is 9.90 Å². The second kappa shape index (κ2) is 5.39. The highest BCUT2D eigenvalue weighted by molar-refractivity contribution is 7.10. The van der Waals surface area contributed by atoms with Crippen LogP contribution in [0.5, 0.6) is 0 Å². The first kappa shape index (κ1) is 12.2. The number of aliphatic hydroxyl groups excluding tert-OH is 1. The molecule has 0 spiro atoms. The lowest BCUT2D eigenvalue weighted by Crippen LogP contribution is -2.19. The fraction of sp³-hybridized carbons (Fsp3) is 0.273. The van der Waals surface area contributed by atoms with Gasteiger partial charge in [0.2, 0.25) is 5.91 Å². The molecular formula is C11H12N2O2S2. The second-order valence-electron chi connectivity index (χ2n) is 3.50. The van der Waals surface area contributed by atoms with Crippen molar-refractivity contribution >= 4 is 28.6 Å². The van der Waals surface area contributed by atoms with Crippen molar-refractivity contribution in [3.8, 4) is 0 Å². The number of hydrogen-bond donors (Lipinski definition) is 1. The van der Waals surface area contributed by atoms with Crippen LogP contribution in [0.2, 0.25) is 0 Å². The molecule has 0 aliphatic carbocycles. The smallest absolute Gasteiger partial charge is 0.245 e. The summed E-state index contributed by atoms with van der Waals surface area (Å²) in [5.41, 5.74) is 0. The lowest BCUT2D eigenvalue weighted by Gasteiger charge is -2.09. The van der Waals surface area contributed by atoms with Crippen molar-refractivity contribution in [1.29, 1.82) is 0 Å². The van der Waals surface area contributed by atoms with Crippen LogP contribution in [0.3, 0.4) is 0 Å². The number of rotatable bonds is 3. The van der Waals surface area contributed by atoms with E-state index in [0.29, 0.717) is 11.3 Å². The van der Waals surface area contributed by atoms with Gasteiger partial charge in [0.1, 0.15) is 6.10 Å². The average Bonchev–Trinajstić information content (AvgIpc) is 2.89. The summed E-state index contributed by atoms with van der Waals surface area (Å²) in [6, 6.07) is 3.80. The maximum atomic E-state index is 10.9. The maximum Gasteiger partial charge on any atom is 0.245 e. The van der Waals surface area contributed by atoms with Crippen molar-refractivity contribution in [3.63, 3.8) is 0 Å². The number of hydrogen-bond acceptors (Lipinski definition) is 4. The summed E-state index contributed by atoms with van der Waals surface area (Å²) in [6.07, 6.45) is 1.26. The molecule has 2 rings (SSSR count). The van der Waals surface area contributed by atoms with Gasteiger partial charge in [-0.05, 0) is 11.4 Å². The Morgan fingerprint density at radius 1 is 1.53 bits per heavy atom. The molecule has 1 amide bonds. The fourth-order valence-corrected chi connectivity index (χ4v) is 2.90. The molecule has 90 valence electrons. The number of nitrogens with zero attached hydrogens (tertiary/aromatic N) is 2. The lowest BCUT2D eigenvalue weighted by molar-refractivity contribution is -0.116. The Balaban J connectivity index is 2.20. The summed E-state index contributed by atoms with van der Waals surface area (Å²) in [6.45, 7) is 1.83. The van der Waals surface area contributed by atoms with Gasteiger partial charge in [0.25, 0.3) is 0 Å². The quantitative estimate of drug-likeness (QED) is 0.922. The van der Waals surface area contributed by atoms with Crippen molar-refractivity contribution in [2.24, 2.45) is 4.99 Å². The van der Waals surface area contributed by atoms with Gasteiger partial charge in [-0.15, -0.1) is 22.7 Å². The van der Waals surface area contributed by atoms with Gasteiger partial charge in [0.15, 0.2) is 4.80 Å². The summed E-state index contributed by atoms with van der Waals surface area (Å²) in [7, 11) is 0. The molecule has 0 aliphatic heterocycles. The van der Waals surface area contributed by atoms with E-state index in [0.717, 1.165) is 4.88 Å². The lowest BCUT2D eigenvalue weighted by atomic mass is 10.3. The molecule has 0 aromatic carbocycles. The molecule has 0 unspecified atom stereocenters. The third kappa shape index (κ3) is 3.12. The number of carbonyl (C=O) groups is 1. The molecule has 0 saturated carbocycles. The summed E-state index contributed by atoms with van der Waals surface area (Å²) in [5.74, 6) is -0.230. The highest BCUT2D eigenvalue weighted by atomic mass is 32.1. The fourth-order valence-electron chi connectivity index (χ4n) is 1.42. The minimum Gasteiger partial charge on any atom is -0.386 e. The zero-order valence-electron chi connectivity index (χ0n) is 9.24. The van der Waals surface area contributed by atoms with Gasteiger partial charge in [0.05, 0.1) is 6.54 Å². The molecule has 2 aromatic heterocycles. The first-order valence-electron chi connectivity index (χ1n) is 5.07. The highest BCUT2D eigenvalue weighted by Gasteiger charge is 2.10. The van der Waals surface area contributed by atoms with Crippen LogP contribution in [0.25, 0.3) is 0 Å². The Bertz CT molecular complexity index is 554. The molecule has 2 heterocycles. The second-order valence-corrected chi connectivity index (χ2v) is 5.35. The molecule has 2 aromatic rings. The van der Waals surface area contributed by atoms with Crippen molar-refractivity contribution in [1.82, 2.24) is 4.57 Å². The van der Waals surface area contributed by atoms with Gasteiger partial charge in [-0.25, -0.2) is 0 Å². The SMILES string of the molecule is CC(=O)N=c1sccn1C[C@H](O)c1cccs1. The number of thiazole rings is 1. The van der Waals surface area contributed by atoms with Crippen LogP contribution in [-0.2, 0) is 11.3 Å². The van der Waals surface area contributed by atoms with E-state index < -0.39 is 6.10 Å². The van der Waals surface area contributed by atoms with Crippen LogP contribution in [-0.4, -0.2) is 15.6 Å². The minimum atomic E-state index is -0.560. The standard InChI is InChI=1S/C11H12N2O2S2/c1-8(14)12-11-13(4-6-17-11)7-9(15)10-3-2-5-16-10/h2-6,9,15H,7H2,1H3/t9-/m0/s1. The van der Waals surface area contributed by atoms with E-state index in [1.807, 2.05) is 29.1 Å². The molecule has 0 bridgehead atoms. The first-order valence-corrected chi connectivity index (χ1v) is 6.83. The van der Waals surface area contributed by atoms with Crippen LogP contribution in [0, 0.1) is 0 Å². The number of carbonyl (C=O) groups excluding carboxylic acids is 1. The number of thiophene rings is 1. The Morgan fingerprint density at radius 3 is 3.00 bits per heavy atom. The molecule has 1 atom stereocenters. The van der Waals surface area contributed by atoms with Crippen LogP contribution in [0.1, 0.15) is 17.9 Å². The number of amides is 1. The van der Waals surface area contributed by atoms with E-state index in [1.165, 1.54) is 29.6 Å². The predicted octanol–water partition coefficient (Wildman–Crippen LogP) is 1.79. The molecular weight excluding hydrogens is 256 g/mol. The van der Waals surface area contributed by atoms with Crippen LogP contribution in [0.15, 0.2) is 34.1 Å². The topological polar surface area (TPSA) is 54.6 Å². The minimum absolute atomic E-state index is 0.230. The Morgan fingerprint density at radius 2 is 2.35 bits per heavy atom. The van der Waals surface area contributed by atoms with Gasteiger partial charge < -0.3 is 9.67 Å². The largest absolute Gasteiger partial charge is 0.386 e. The van der Waals surface area contributed by atoms with E-state index in [-0.39, 0.29) is 5.91 Å². The highest BCUT2D eigenvalue weighted by Crippen LogP contribution is 2.19. The van der Waals surface area contributed by atoms with E-state index in [2.05, 4.69) is 4.99 Å². The van der Waals surface area contributed by atoms with Gasteiger partial charge in [-0.1, -0.05) is 6.07 Å². The molecule has 0 fully saturated rings.